The Morgan fingerprint density at radius 1 is 1.26 bits per heavy atom. The molecule has 4 nitrogen and oxygen atoms in total. The van der Waals surface area contributed by atoms with E-state index in [1.165, 1.54) is 11.8 Å². The van der Waals surface area contributed by atoms with E-state index in [2.05, 4.69) is 0 Å². The zero-order chi connectivity index (χ0) is 13.7. The Morgan fingerprint density at radius 2 is 2.00 bits per heavy atom. The van der Waals surface area contributed by atoms with Crippen molar-refractivity contribution in [3.63, 3.8) is 0 Å². The first-order valence-electron chi connectivity index (χ1n) is 6.38. The Labute approximate surface area is 112 Å². The third kappa shape index (κ3) is 3.44. The van der Waals surface area contributed by atoms with Crippen molar-refractivity contribution in [1.82, 2.24) is 4.90 Å². The standard InChI is InChI=1S/C15H17NO3/c1-12(17)14-9-5-6-10-16(14)15(18)19-11-13-7-3-2-4-8-13/h2-4,7-9H,5-6,10-11H2,1H3. The molecule has 1 amide bonds. The maximum absolute atomic E-state index is 12.0. The van der Waals surface area contributed by atoms with E-state index >= 15 is 0 Å². The third-order valence-corrected chi connectivity index (χ3v) is 3.00. The van der Waals surface area contributed by atoms with Crippen LogP contribution in [0.1, 0.15) is 25.3 Å². The van der Waals surface area contributed by atoms with E-state index in [-0.39, 0.29) is 12.4 Å². The van der Waals surface area contributed by atoms with Gasteiger partial charge in [-0.3, -0.25) is 9.69 Å². The molecule has 1 heterocycles. The first kappa shape index (κ1) is 13.3. The Bertz CT molecular complexity index is 493. The van der Waals surface area contributed by atoms with Gasteiger partial charge in [-0.25, -0.2) is 4.79 Å². The summed E-state index contributed by atoms with van der Waals surface area (Å²) in [6, 6.07) is 9.49. The van der Waals surface area contributed by atoms with E-state index in [0.29, 0.717) is 12.2 Å². The first-order valence-corrected chi connectivity index (χ1v) is 6.38. The quantitative estimate of drug-likeness (QED) is 0.838. The molecule has 1 aromatic rings. The SMILES string of the molecule is CC(=O)C1=CCCCN1C(=O)OCc1ccccc1. The summed E-state index contributed by atoms with van der Waals surface area (Å²) in [6.45, 7) is 2.23. The number of ether oxygens (including phenoxy) is 1. The molecule has 100 valence electrons. The number of hydrogen-bond donors (Lipinski definition) is 0. The number of rotatable bonds is 3. The molecule has 0 bridgehead atoms. The van der Waals surface area contributed by atoms with Gasteiger partial charge in [-0.2, -0.15) is 0 Å². The summed E-state index contributed by atoms with van der Waals surface area (Å²) in [5.74, 6) is -0.101. The highest BCUT2D eigenvalue weighted by Gasteiger charge is 2.24. The van der Waals surface area contributed by atoms with Crippen LogP contribution in [0, 0.1) is 0 Å². The van der Waals surface area contributed by atoms with Crippen LogP contribution in [0.5, 0.6) is 0 Å². The van der Waals surface area contributed by atoms with Gasteiger partial charge in [-0.15, -0.1) is 0 Å². The van der Waals surface area contributed by atoms with Crippen molar-refractivity contribution in [3.05, 3.63) is 47.7 Å². The maximum atomic E-state index is 12.0. The molecule has 1 aliphatic rings. The molecule has 0 unspecified atom stereocenters. The lowest BCUT2D eigenvalue weighted by atomic mass is 10.1. The van der Waals surface area contributed by atoms with Crippen molar-refractivity contribution in [3.8, 4) is 0 Å². The summed E-state index contributed by atoms with van der Waals surface area (Å²) in [5.41, 5.74) is 1.38. The second-order valence-electron chi connectivity index (χ2n) is 4.48. The predicted octanol–water partition coefficient (Wildman–Crippen LogP) is 2.89. The maximum Gasteiger partial charge on any atom is 0.414 e. The highest BCUT2D eigenvalue weighted by atomic mass is 16.6. The lowest BCUT2D eigenvalue weighted by molar-refractivity contribution is -0.115. The summed E-state index contributed by atoms with van der Waals surface area (Å²) >= 11 is 0. The second-order valence-corrected chi connectivity index (χ2v) is 4.48. The van der Waals surface area contributed by atoms with Gasteiger partial charge in [0.1, 0.15) is 6.61 Å². The van der Waals surface area contributed by atoms with Gasteiger partial charge < -0.3 is 4.74 Å². The molecular formula is C15H17NO3. The average molecular weight is 259 g/mol. The molecular weight excluding hydrogens is 242 g/mol. The van der Waals surface area contributed by atoms with Crippen LogP contribution in [0.15, 0.2) is 42.1 Å². The molecule has 4 heteroatoms. The topological polar surface area (TPSA) is 46.6 Å². The van der Waals surface area contributed by atoms with Crippen LogP contribution in [0.3, 0.4) is 0 Å². The van der Waals surface area contributed by atoms with Gasteiger partial charge in [0.15, 0.2) is 5.78 Å². The summed E-state index contributed by atoms with van der Waals surface area (Å²) < 4.78 is 5.24. The lowest BCUT2D eigenvalue weighted by Crippen LogP contribution is -2.36. The highest BCUT2D eigenvalue weighted by molar-refractivity contribution is 5.96. The number of benzene rings is 1. The zero-order valence-electron chi connectivity index (χ0n) is 11.0. The van der Waals surface area contributed by atoms with Crippen LogP contribution < -0.4 is 0 Å². The van der Waals surface area contributed by atoms with E-state index in [1.54, 1.807) is 6.08 Å². The largest absolute Gasteiger partial charge is 0.444 e. The Morgan fingerprint density at radius 3 is 2.68 bits per heavy atom. The molecule has 0 saturated heterocycles. The van der Waals surface area contributed by atoms with Crippen LogP contribution in [0.4, 0.5) is 4.79 Å². The van der Waals surface area contributed by atoms with Gasteiger partial charge in [-0.1, -0.05) is 36.4 Å². The molecule has 1 aliphatic heterocycles. The molecule has 0 aliphatic carbocycles. The van der Waals surface area contributed by atoms with Crippen molar-refractivity contribution in [2.75, 3.05) is 6.54 Å². The molecule has 0 aromatic heterocycles. The van der Waals surface area contributed by atoms with Gasteiger partial charge in [0, 0.05) is 13.5 Å². The molecule has 0 radical (unpaired) electrons. The normalized spacial score (nSPS) is 14.8. The monoisotopic (exact) mass is 259 g/mol. The summed E-state index contributed by atoms with van der Waals surface area (Å²) in [4.78, 5) is 24.9. The van der Waals surface area contributed by atoms with E-state index in [1.807, 2.05) is 30.3 Å². The second kappa shape index (κ2) is 6.18. The molecule has 0 N–H and O–H groups in total. The summed E-state index contributed by atoms with van der Waals surface area (Å²) in [5, 5.41) is 0. The van der Waals surface area contributed by atoms with Crippen molar-refractivity contribution < 1.29 is 14.3 Å². The Hall–Kier alpha value is -2.10. The van der Waals surface area contributed by atoms with E-state index < -0.39 is 6.09 Å². The van der Waals surface area contributed by atoms with Crippen LogP contribution in [0.2, 0.25) is 0 Å². The predicted molar refractivity (Wildman–Crippen MR) is 71.3 cm³/mol. The van der Waals surface area contributed by atoms with Gasteiger partial charge in [0.2, 0.25) is 0 Å². The molecule has 19 heavy (non-hydrogen) atoms. The number of amides is 1. The van der Waals surface area contributed by atoms with Crippen LogP contribution in [0.25, 0.3) is 0 Å². The van der Waals surface area contributed by atoms with Crippen molar-refractivity contribution in [2.24, 2.45) is 0 Å². The van der Waals surface area contributed by atoms with Crippen LogP contribution in [-0.2, 0) is 16.1 Å². The number of carbonyl (C=O) groups is 2. The van der Waals surface area contributed by atoms with E-state index in [9.17, 15) is 9.59 Å². The summed E-state index contributed by atoms with van der Waals surface area (Å²) in [7, 11) is 0. The summed E-state index contributed by atoms with van der Waals surface area (Å²) in [6.07, 6.45) is 3.04. The number of hydrogen-bond acceptors (Lipinski definition) is 3. The van der Waals surface area contributed by atoms with Crippen LogP contribution in [-0.4, -0.2) is 23.3 Å². The van der Waals surface area contributed by atoms with Gasteiger partial charge in [0.25, 0.3) is 0 Å². The van der Waals surface area contributed by atoms with Crippen LogP contribution >= 0.6 is 0 Å². The van der Waals surface area contributed by atoms with E-state index in [4.69, 9.17) is 4.74 Å². The number of Topliss-reactive ketones (excluding diaryl/α,β-unsaturated/α-hetero) is 1. The number of carbonyl (C=O) groups excluding carboxylic acids is 2. The minimum Gasteiger partial charge on any atom is -0.444 e. The van der Waals surface area contributed by atoms with Crippen molar-refractivity contribution >= 4 is 11.9 Å². The molecule has 1 aromatic carbocycles. The molecule has 0 fully saturated rings. The minimum absolute atomic E-state index is 0.101. The van der Waals surface area contributed by atoms with E-state index in [0.717, 1.165) is 18.4 Å². The number of ketones is 1. The molecule has 0 atom stereocenters. The first-order chi connectivity index (χ1) is 9.18. The molecule has 2 rings (SSSR count). The lowest BCUT2D eigenvalue weighted by Gasteiger charge is -2.26. The Kier molecular flexibility index (Phi) is 4.34. The number of nitrogens with zero attached hydrogens (tertiary/aromatic N) is 1. The van der Waals surface area contributed by atoms with Gasteiger partial charge in [0.05, 0.1) is 5.70 Å². The van der Waals surface area contributed by atoms with Gasteiger partial charge >= 0.3 is 6.09 Å². The van der Waals surface area contributed by atoms with Crippen molar-refractivity contribution in [2.45, 2.75) is 26.4 Å². The fourth-order valence-corrected chi connectivity index (χ4v) is 2.04. The minimum atomic E-state index is -0.454. The van der Waals surface area contributed by atoms with Gasteiger partial charge in [-0.05, 0) is 18.4 Å². The fourth-order valence-electron chi connectivity index (χ4n) is 2.04. The fraction of sp³-hybridized carbons (Fsp3) is 0.333. The number of allylic oxidation sites excluding steroid dienone is 2. The average Bonchev–Trinajstić information content (AvgIpc) is 2.46. The molecule has 0 spiro atoms. The molecule has 0 saturated carbocycles. The highest BCUT2D eigenvalue weighted by Crippen LogP contribution is 2.17. The smallest absolute Gasteiger partial charge is 0.414 e. The Balaban J connectivity index is 1.97. The zero-order valence-corrected chi connectivity index (χ0v) is 11.0. The van der Waals surface area contributed by atoms with Crippen molar-refractivity contribution in [1.29, 1.82) is 0 Å². The third-order valence-electron chi connectivity index (χ3n) is 3.00.